The molecule has 0 aliphatic carbocycles. The topological polar surface area (TPSA) is 34.2 Å². The third-order valence-electron chi connectivity index (χ3n) is 3.71. The molecule has 1 atom stereocenters. The first-order chi connectivity index (χ1) is 9.71. The SMILES string of the molecule is CCc1cnccc1C(NC)c1ccc(OC)cc1C. The van der Waals surface area contributed by atoms with Gasteiger partial charge < -0.3 is 10.1 Å². The predicted molar refractivity (Wildman–Crippen MR) is 82.2 cm³/mol. The zero-order valence-electron chi connectivity index (χ0n) is 12.6. The van der Waals surface area contributed by atoms with Crippen LogP contribution >= 0.6 is 0 Å². The van der Waals surface area contributed by atoms with Crippen LogP contribution in [-0.4, -0.2) is 19.1 Å². The zero-order chi connectivity index (χ0) is 14.5. The minimum atomic E-state index is 0.179. The van der Waals surface area contributed by atoms with Gasteiger partial charge in [0.25, 0.3) is 0 Å². The standard InChI is InChI=1S/C17H22N2O/c1-5-13-11-19-9-8-16(13)17(18-3)15-7-6-14(20-4)10-12(15)2/h6-11,17-18H,5H2,1-4H3. The Hall–Kier alpha value is -1.87. The monoisotopic (exact) mass is 270 g/mol. The smallest absolute Gasteiger partial charge is 0.119 e. The van der Waals surface area contributed by atoms with E-state index in [0.29, 0.717) is 0 Å². The van der Waals surface area contributed by atoms with Crippen molar-refractivity contribution in [2.75, 3.05) is 14.2 Å². The van der Waals surface area contributed by atoms with Crippen molar-refractivity contribution in [1.29, 1.82) is 0 Å². The number of hydrogen-bond acceptors (Lipinski definition) is 3. The lowest BCUT2D eigenvalue weighted by atomic mass is 9.92. The summed E-state index contributed by atoms with van der Waals surface area (Å²) in [6, 6.07) is 8.50. The van der Waals surface area contributed by atoms with Gasteiger partial charge in [0.05, 0.1) is 13.2 Å². The molecule has 2 rings (SSSR count). The fourth-order valence-electron chi connectivity index (χ4n) is 2.59. The molecule has 0 aliphatic heterocycles. The molecule has 0 spiro atoms. The molecule has 1 N–H and O–H groups in total. The van der Waals surface area contributed by atoms with Crippen LogP contribution in [0.2, 0.25) is 0 Å². The first-order valence-corrected chi connectivity index (χ1v) is 6.95. The molecule has 1 unspecified atom stereocenters. The van der Waals surface area contributed by atoms with Gasteiger partial charge in [0.2, 0.25) is 0 Å². The predicted octanol–water partition coefficient (Wildman–Crippen LogP) is 3.27. The molecule has 2 aromatic rings. The average molecular weight is 270 g/mol. The van der Waals surface area contributed by atoms with Gasteiger partial charge in [-0.2, -0.15) is 0 Å². The zero-order valence-corrected chi connectivity index (χ0v) is 12.6. The van der Waals surface area contributed by atoms with Gasteiger partial charge in [-0.1, -0.05) is 13.0 Å². The summed E-state index contributed by atoms with van der Waals surface area (Å²) in [5.74, 6) is 0.895. The second kappa shape index (κ2) is 6.53. The van der Waals surface area contributed by atoms with E-state index in [1.807, 2.05) is 25.5 Å². The van der Waals surface area contributed by atoms with Crippen molar-refractivity contribution in [3.63, 3.8) is 0 Å². The molecule has 0 fully saturated rings. The summed E-state index contributed by atoms with van der Waals surface area (Å²) in [6.07, 6.45) is 4.80. The minimum absolute atomic E-state index is 0.179. The average Bonchev–Trinajstić information content (AvgIpc) is 2.50. The van der Waals surface area contributed by atoms with E-state index >= 15 is 0 Å². The lowest BCUT2D eigenvalue weighted by Gasteiger charge is -2.22. The van der Waals surface area contributed by atoms with Gasteiger partial charge in [0.1, 0.15) is 5.75 Å². The molecule has 1 aromatic heterocycles. The molecule has 3 nitrogen and oxygen atoms in total. The van der Waals surface area contributed by atoms with Crippen LogP contribution in [0.5, 0.6) is 5.75 Å². The van der Waals surface area contributed by atoms with Crippen molar-refractivity contribution >= 4 is 0 Å². The summed E-state index contributed by atoms with van der Waals surface area (Å²) in [5.41, 5.74) is 5.07. The highest BCUT2D eigenvalue weighted by molar-refractivity contribution is 5.42. The summed E-state index contributed by atoms with van der Waals surface area (Å²) in [6.45, 7) is 4.28. The van der Waals surface area contributed by atoms with Gasteiger partial charge in [0, 0.05) is 12.4 Å². The maximum atomic E-state index is 5.28. The molecule has 0 radical (unpaired) electrons. The largest absolute Gasteiger partial charge is 0.497 e. The lowest BCUT2D eigenvalue weighted by Crippen LogP contribution is -2.20. The van der Waals surface area contributed by atoms with Crippen LogP contribution in [0.25, 0.3) is 0 Å². The van der Waals surface area contributed by atoms with Crippen LogP contribution in [0.4, 0.5) is 0 Å². The normalized spacial score (nSPS) is 12.2. The number of aromatic nitrogens is 1. The van der Waals surface area contributed by atoms with Gasteiger partial charge in [0.15, 0.2) is 0 Å². The number of methoxy groups -OCH3 is 1. The molecule has 106 valence electrons. The fourth-order valence-corrected chi connectivity index (χ4v) is 2.59. The lowest BCUT2D eigenvalue weighted by molar-refractivity contribution is 0.414. The molecular weight excluding hydrogens is 248 g/mol. The second-order valence-electron chi connectivity index (χ2n) is 4.87. The Morgan fingerprint density at radius 3 is 2.65 bits per heavy atom. The van der Waals surface area contributed by atoms with E-state index in [2.05, 4.69) is 42.3 Å². The molecular formula is C17H22N2O. The Kier molecular flexibility index (Phi) is 4.74. The molecule has 0 bridgehead atoms. The Labute approximate surface area is 121 Å². The summed E-state index contributed by atoms with van der Waals surface area (Å²) in [7, 11) is 3.69. The molecule has 0 amide bonds. The van der Waals surface area contributed by atoms with E-state index in [1.54, 1.807) is 7.11 Å². The van der Waals surface area contributed by atoms with Crippen LogP contribution in [0.3, 0.4) is 0 Å². The molecule has 1 heterocycles. The Balaban J connectivity index is 2.47. The van der Waals surface area contributed by atoms with Crippen molar-refractivity contribution < 1.29 is 4.74 Å². The fraction of sp³-hybridized carbons (Fsp3) is 0.353. The van der Waals surface area contributed by atoms with Gasteiger partial charge in [-0.25, -0.2) is 0 Å². The quantitative estimate of drug-likeness (QED) is 0.905. The number of rotatable bonds is 5. The van der Waals surface area contributed by atoms with Crippen LogP contribution in [0.15, 0.2) is 36.7 Å². The van der Waals surface area contributed by atoms with E-state index in [0.717, 1.165) is 12.2 Å². The van der Waals surface area contributed by atoms with E-state index < -0.39 is 0 Å². The minimum Gasteiger partial charge on any atom is -0.497 e. The Morgan fingerprint density at radius 1 is 1.25 bits per heavy atom. The number of aryl methyl sites for hydroxylation is 2. The van der Waals surface area contributed by atoms with Gasteiger partial charge in [-0.3, -0.25) is 4.98 Å². The number of nitrogens with zero attached hydrogens (tertiary/aromatic N) is 1. The number of ether oxygens (including phenoxy) is 1. The van der Waals surface area contributed by atoms with Gasteiger partial charge in [-0.15, -0.1) is 0 Å². The Morgan fingerprint density at radius 2 is 2.05 bits per heavy atom. The van der Waals surface area contributed by atoms with Crippen LogP contribution in [-0.2, 0) is 6.42 Å². The number of hydrogen-bond donors (Lipinski definition) is 1. The number of nitrogens with one attached hydrogen (secondary N) is 1. The van der Waals surface area contributed by atoms with E-state index in [9.17, 15) is 0 Å². The van der Waals surface area contributed by atoms with Crippen molar-refractivity contribution in [2.24, 2.45) is 0 Å². The van der Waals surface area contributed by atoms with Crippen molar-refractivity contribution in [3.8, 4) is 5.75 Å². The maximum absolute atomic E-state index is 5.28. The summed E-state index contributed by atoms with van der Waals surface area (Å²) in [4.78, 5) is 4.23. The van der Waals surface area contributed by atoms with Gasteiger partial charge in [-0.05, 0) is 60.8 Å². The number of benzene rings is 1. The highest BCUT2D eigenvalue weighted by Crippen LogP contribution is 2.29. The molecule has 0 saturated heterocycles. The summed E-state index contributed by atoms with van der Waals surface area (Å²) >= 11 is 0. The first-order valence-electron chi connectivity index (χ1n) is 6.95. The van der Waals surface area contributed by atoms with E-state index in [1.165, 1.54) is 22.3 Å². The molecule has 20 heavy (non-hydrogen) atoms. The molecule has 3 heteroatoms. The van der Waals surface area contributed by atoms with Crippen molar-refractivity contribution in [3.05, 3.63) is 58.9 Å². The highest BCUT2D eigenvalue weighted by Gasteiger charge is 2.17. The third kappa shape index (κ3) is 2.83. The maximum Gasteiger partial charge on any atom is 0.119 e. The van der Waals surface area contributed by atoms with Crippen LogP contribution < -0.4 is 10.1 Å². The highest BCUT2D eigenvalue weighted by atomic mass is 16.5. The molecule has 0 saturated carbocycles. The van der Waals surface area contributed by atoms with Crippen LogP contribution in [0, 0.1) is 6.92 Å². The van der Waals surface area contributed by atoms with Crippen molar-refractivity contribution in [1.82, 2.24) is 10.3 Å². The number of pyridine rings is 1. The van der Waals surface area contributed by atoms with Crippen LogP contribution in [0.1, 0.15) is 35.2 Å². The third-order valence-corrected chi connectivity index (χ3v) is 3.71. The summed E-state index contributed by atoms with van der Waals surface area (Å²) < 4.78 is 5.28. The van der Waals surface area contributed by atoms with Gasteiger partial charge >= 0.3 is 0 Å². The second-order valence-corrected chi connectivity index (χ2v) is 4.87. The van der Waals surface area contributed by atoms with E-state index in [4.69, 9.17) is 4.74 Å². The van der Waals surface area contributed by atoms with E-state index in [-0.39, 0.29) is 6.04 Å². The molecule has 1 aromatic carbocycles. The summed E-state index contributed by atoms with van der Waals surface area (Å²) in [5, 5.41) is 3.42. The van der Waals surface area contributed by atoms with Crippen molar-refractivity contribution in [2.45, 2.75) is 26.3 Å². The Bertz CT molecular complexity index is 581. The molecule has 0 aliphatic rings. The first kappa shape index (κ1) is 14.5.